The highest BCUT2D eigenvalue weighted by molar-refractivity contribution is 7.91. The summed E-state index contributed by atoms with van der Waals surface area (Å²) in [6.07, 6.45) is 5.49. The standard InChI is InChI=1S/C13H24N4O2S/c1-4-5-8-17-12(14)11(20(3,18)19)13(16-17)15-9(2)10-6-7-10/h9-10H,4-8,14H2,1-3H3,(H,15,16). The molecule has 114 valence electrons. The maximum absolute atomic E-state index is 12.0. The highest BCUT2D eigenvalue weighted by Crippen LogP contribution is 2.35. The van der Waals surface area contributed by atoms with E-state index in [1.165, 1.54) is 19.1 Å². The van der Waals surface area contributed by atoms with Crippen molar-refractivity contribution >= 4 is 21.5 Å². The van der Waals surface area contributed by atoms with Gasteiger partial charge < -0.3 is 11.1 Å². The van der Waals surface area contributed by atoms with Crippen LogP contribution in [0.2, 0.25) is 0 Å². The highest BCUT2D eigenvalue weighted by atomic mass is 32.2. The van der Waals surface area contributed by atoms with Crippen LogP contribution in [0.4, 0.5) is 11.6 Å². The van der Waals surface area contributed by atoms with E-state index in [4.69, 9.17) is 5.73 Å². The molecule has 1 unspecified atom stereocenters. The zero-order valence-corrected chi connectivity index (χ0v) is 13.2. The second kappa shape index (κ2) is 5.63. The number of rotatable bonds is 7. The predicted molar refractivity (Wildman–Crippen MR) is 80.5 cm³/mol. The molecule has 0 radical (unpaired) electrons. The van der Waals surface area contributed by atoms with E-state index in [1.807, 2.05) is 0 Å². The number of sulfone groups is 1. The molecule has 0 spiro atoms. The Hall–Kier alpha value is -1.24. The van der Waals surface area contributed by atoms with Crippen molar-refractivity contribution in [1.29, 1.82) is 0 Å². The van der Waals surface area contributed by atoms with Crippen LogP contribution in [-0.2, 0) is 16.4 Å². The molecule has 6 nitrogen and oxygen atoms in total. The smallest absolute Gasteiger partial charge is 0.182 e. The molecule has 1 saturated carbocycles. The lowest BCUT2D eigenvalue weighted by atomic mass is 10.2. The summed E-state index contributed by atoms with van der Waals surface area (Å²) < 4.78 is 25.5. The fourth-order valence-corrected chi connectivity index (χ4v) is 3.26. The maximum Gasteiger partial charge on any atom is 0.182 e. The molecule has 1 heterocycles. The number of nitrogens with one attached hydrogen (secondary N) is 1. The molecule has 1 aliphatic rings. The van der Waals surface area contributed by atoms with Crippen molar-refractivity contribution in [2.45, 2.75) is 57.0 Å². The van der Waals surface area contributed by atoms with Crippen LogP contribution in [0.3, 0.4) is 0 Å². The number of unbranched alkanes of at least 4 members (excludes halogenated alkanes) is 1. The van der Waals surface area contributed by atoms with Crippen molar-refractivity contribution in [2.75, 3.05) is 17.3 Å². The van der Waals surface area contributed by atoms with Crippen molar-refractivity contribution in [3.8, 4) is 0 Å². The summed E-state index contributed by atoms with van der Waals surface area (Å²) in [5, 5.41) is 7.59. The zero-order valence-electron chi connectivity index (χ0n) is 12.4. The normalized spacial score (nSPS) is 17.1. The number of nitrogens with zero attached hydrogens (tertiary/aromatic N) is 2. The first-order valence-electron chi connectivity index (χ1n) is 7.17. The molecule has 0 bridgehead atoms. The zero-order chi connectivity index (χ0) is 14.9. The minimum absolute atomic E-state index is 0.140. The van der Waals surface area contributed by atoms with E-state index in [-0.39, 0.29) is 16.8 Å². The molecule has 0 aliphatic heterocycles. The third-order valence-corrected chi connectivity index (χ3v) is 4.88. The number of aromatic nitrogens is 2. The molecule has 1 aromatic rings. The summed E-state index contributed by atoms with van der Waals surface area (Å²) in [5.41, 5.74) is 5.98. The lowest BCUT2D eigenvalue weighted by Gasteiger charge is -2.12. The Balaban J connectivity index is 2.32. The fourth-order valence-electron chi connectivity index (χ4n) is 2.33. The second-order valence-electron chi connectivity index (χ2n) is 5.68. The Morgan fingerprint density at radius 2 is 2.15 bits per heavy atom. The van der Waals surface area contributed by atoms with Crippen molar-refractivity contribution in [1.82, 2.24) is 9.78 Å². The molecule has 20 heavy (non-hydrogen) atoms. The van der Waals surface area contributed by atoms with Crippen molar-refractivity contribution < 1.29 is 8.42 Å². The van der Waals surface area contributed by atoms with Crippen LogP contribution in [0.25, 0.3) is 0 Å². The predicted octanol–water partition coefficient (Wildman–Crippen LogP) is 1.88. The van der Waals surface area contributed by atoms with Gasteiger partial charge in [0.15, 0.2) is 20.6 Å². The largest absolute Gasteiger partial charge is 0.383 e. The van der Waals surface area contributed by atoms with Gasteiger partial charge in [-0.15, -0.1) is 0 Å². The summed E-state index contributed by atoms with van der Waals surface area (Å²) in [7, 11) is -3.39. The Labute approximate surface area is 120 Å². The molecule has 0 saturated heterocycles. The quantitative estimate of drug-likeness (QED) is 0.802. The topological polar surface area (TPSA) is 90.0 Å². The van der Waals surface area contributed by atoms with Gasteiger partial charge in [0.2, 0.25) is 0 Å². The van der Waals surface area contributed by atoms with E-state index in [2.05, 4.69) is 24.3 Å². The summed E-state index contributed by atoms with van der Waals surface area (Å²) in [4.78, 5) is 0.140. The monoisotopic (exact) mass is 300 g/mol. The molecule has 2 rings (SSSR count). The molecule has 3 N–H and O–H groups in total. The first-order chi connectivity index (χ1) is 9.34. The van der Waals surface area contributed by atoms with Crippen LogP contribution in [0.15, 0.2) is 4.90 Å². The molecular formula is C13H24N4O2S. The Kier molecular flexibility index (Phi) is 4.27. The average molecular weight is 300 g/mol. The molecule has 1 aliphatic carbocycles. The van der Waals surface area contributed by atoms with Gasteiger partial charge in [-0.05, 0) is 32.1 Å². The van der Waals surface area contributed by atoms with Crippen LogP contribution >= 0.6 is 0 Å². The van der Waals surface area contributed by atoms with Gasteiger partial charge >= 0.3 is 0 Å². The van der Waals surface area contributed by atoms with E-state index in [0.717, 1.165) is 12.8 Å². The number of aryl methyl sites for hydroxylation is 1. The summed E-state index contributed by atoms with van der Waals surface area (Å²) in [6.45, 7) is 4.78. The van der Waals surface area contributed by atoms with Crippen LogP contribution in [-0.4, -0.2) is 30.5 Å². The SMILES string of the molecule is CCCCn1nc(NC(C)C2CC2)c(S(C)(=O)=O)c1N. The molecule has 1 atom stereocenters. The number of nitrogens with two attached hydrogens (primary N) is 1. The van der Waals surface area contributed by atoms with Gasteiger partial charge in [0.25, 0.3) is 0 Å². The molecule has 1 aromatic heterocycles. The number of hydrogen-bond donors (Lipinski definition) is 2. The first kappa shape index (κ1) is 15.2. The van der Waals surface area contributed by atoms with E-state index in [1.54, 1.807) is 4.68 Å². The Morgan fingerprint density at radius 3 is 2.65 bits per heavy atom. The van der Waals surface area contributed by atoms with E-state index in [0.29, 0.717) is 18.3 Å². The number of hydrogen-bond acceptors (Lipinski definition) is 5. The fraction of sp³-hybridized carbons (Fsp3) is 0.769. The minimum Gasteiger partial charge on any atom is -0.383 e. The number of anilines is 2. The molecule has 0 aromatic carbocycles. The maximum atomic E-state index is 12.0. The van der Waals surface area contributed by atoms with Gasteiger partial charge in [-0.3, -0.25) is 0 Å². The van der Waals surface area contributed by atoms with Gasteiger partial charge in [0.05, 0.1) is 0 Å². The van der Waals surface area contributed by atoms with E-state index >= 15 is 0 Å². The van der Waals surface area contributed by atoms with Crippen molar-refractivity contribution in [3.05, 3.63) is 0 Å². The van der Waals surface area contributed by atoms with E-state index in [9.17, 15) is 8.42 Å². The Morgan fingerprint density at radius 1 is 1.50 bits per heavy atom. The highest BCUT2D eigenvalue weighted by Gasteiger charge is 2.31. The van der Waals surface area contributed by atoms with Crippen LogP contribution in [0, 0.1) is 5.92 Å². The van der Waals surface area contributed by atoms with Gasteiger partial charge in [0.1, 0.15) is 5.82 Å². The summed E-state index contributed by atoms with van der Waals surface area (Å²) in [5.74, 6) is 1.26. The summed E-state index contributed by atoms with van der Waals surface area (Å²) >= 11 is 0. The van der Waals surface area contributed by atoms with Crippen molar-refractivity contribution in [3.63, 3.8) is 0 Å². The van der Waals surface area contributed by atoms with Crippen LogP contribution in [0.5, 0.6) is 0 Å². The third kappa shape index (κ3) is 3.26. The van der Waals surface area contributed by atoms with Gasteiger partial charge in [-0.25, -0.2) is 13.1 Å². The van der Waals surface area contributed by atoms with Crippen molar-refractivity contribution in [2.24, 2.45) is 5.92 Å². The molecule has 1 fully saturated rings. The second-order valence-corrected chi connectivity index (χ2v) is 7.63. The minimum atomic E-state index is -3.39. The van der Waals surface area contributed by atoms with Crippen LogP contribution in [0.1, 0.15) is 39.5 Å². The molecular weight excluding hydrogens is 276 g/mol. The molecule has 0 amide bonds. The Bertz CT molecular complexity index is 575. The van der Waals surface area contributed by atoms with Gasteiger partial charge in [0, 0.05) is 18.8 Å². The lowest BCUT2D eigenvalue weighted by molar-refractivity contribution is 0.577. The van der Waals surface area contributed by atoms with E-state index < -0.39 is 9.84 Å². The van der Waals surface area contributed by atoms with Gasteiger partial charge in [-0.1, -0.05) is 13.3 Å². The lowest BCUT2D eigenvalue weighted by Crippen LogP contribution is -2.19. The van der Waals surface area contributed by atoms with Crippen LogP contribution < -0.4 is 11.1 Å². The number of nitrogen functional groups attached to an aromatic ring is 1. The van der Waals surface area contributed by atoms with Gasteiger partial charge in [-0.2, -0.15) is 5.10 Å². The average Bonchev–Trinajstić information content (AvgIpc) is 3.12. The first-order valence-corrected chi connectivity index (χ1v) is 9.06. The third-order valence-electron chi connectivity index (χ3n) is 3.73. The summed E-state index contributed by atoms with van der Waals surface area (Å²) in [6, 6.07) is 0.226. The molecule has 7 heteroatoms.